The van der Waals surface area contributed by atoms with Gasteiger partial charge in [0.15, 0.2) is 0 Å². The average molecular weight is 323 g/mol. The van der Waals surface area contributed by atoms with Crippen LogP contribution >= 0.6 is 0 Å². The monoisotopic (exact) mass is 323 g/mol. The first-order chi connectivity index (χ1) is 11.6. The molecule has 24 heavy (non-hydrogen) atoms. The standard InChI is InChI=1S/C18H21N5O/c1-13-16(14(2)23(21-13)15-7-4-3-5-8-15)17-18(24)20-10-12-22(17)11-6-9-19/h3-5,7-8,17H,6,10-12H2,1-2H3,(H,20,24)/t17-/m0/s1. The van der Waals surface area contributed by atoms with Gasteiger partial charge in [0, 0.05) is 37.3 Å². The molecule has 1 atom stereocenters. The largest absolute Gasteiger partial charge is 0.353 e. The molecule has 1 amide bonds. The van der Waals surface area contributed by atoms with Gasteiger partial charge in [-0.05, 0) is 26.0 Å². The topological polar surface area (TPSA) is 74.0 Å². The second-order valence-corrected chi connectivity index (χ2v) is 5.97. The Morgan fingerprint density at radius 3 is 2.79 bits per heavy atom. The Bertz CT molecular complexity index is 775. The third kappa shape index (κ3) is 2.91. The fourth-order valence-corrected chi connectivity index (χ4v) is 3.33. The predicted molar refractivity (Wildman–Crippen MR) is 90.6 cm³/mol. The van der Waals surface area contributed by atoms with E-state index >= 15 is 0 Å². The molecule has 6 nitrogen and oxygen atoms in total. The molecule has 0 saturated carbocycles. The normalized spacial score (nSPS) is 18.2. The molecule has 0 spiro atoms. The van der Waals surface area contributed by atoms with E-state index in [1.54, 1.807) is 0 Å². The summed E-state index contributed by atoms with van der Waals surface area (Å²) >= 11 is 0. The van der Waals surface area contributed by atoms with Crippen molar-refractivity contribution in [2.45, 2.75) is 26.3 Å². The summed E-state index contributed by atoms with van der Waals surface area (Å²) < 4.78 is 1.88. The Morgan fingerprint density at radius 1 is 1.33 bits per heavy atom. The highest BCUT2D eigenvalue weighted by molar-refractivity contribution is 5.84. The van der Waals surface area contributed by atoms with Crippen molar-refractivity contribution < 1.29 is 4.79 Å². The van der Waals surface area contributed by atoms with Crippen LogP contribution in [0.2, 0.25) is 0 Å². The summed E-state index contributed by atoms with van der Waals surface area (Å²) in [4.78, 5) is 14.6. The molecule has 1 fully saturated rings. The van der Waals surface area contributed by atoms with Gasteiger partial charge in [-0.25, -0.2) is 4.68 Å². The van der Waals surface area contributed by atoms with E-state index in [2.05, 4.69) is 21.4 Å². The third-order valence-electron chi connectivity index (χ3n) is 4.44. The predicted octanol–water partition coefficient (Wildman–Crippen LogP) is 1.88. The van der Waals surface area contributed by atoms with Gasteiger partial charge in [0.25, 0.3) is 0 Å². The Kier molecular flexibility index (Phi) is 4.63. The van der Waals surface area contributed by atoms with Crippen molar-refractivity contribution in [1.29, 1.82) is 5.26 Å². The number of carbonyl (C=O) groups excluding carboxylic acids is 1. The number of benzene rings is 1. The van der Waals surface area contributed by atoms with E-state index in [1.165, 1.54) is 0 Å². The Morgan fingerprint density at radius 2 is 2.08 bits per heavy atom. The van der Waals surface area contributed by atoms with Crippen LogP contribution in [0.25, 0.3) is 5.69 Å². The van der Waals surface area contributed by atoms with Crippen LogP contribution in [0, 0.1) is 25.2 Å². The van der Waals surface area contributed by atoms with E-state index in [4.69, 9.17) is 5.26 Å². The number of para-hydroxylation sites is 1. The van der Waals surface area contributed by atoms with Crippen molar-refractivity contribution in [3.8, 4) is 11.8 Å². The minimum atomic E-state index is -0.385. The average Bonchev–Trinajstić information content (AvgIpc) is 2.89. The molecule has 0 aliphatic carbocycles. The van der Waals surface area contributed by atoms with Gasteiger partial charge in [-0.3, -0.25) is 9.69 Å². The van der Waals surface area contributed by atoms with Gasteiger partial charge >= 0.3 is 0 Å². The minimum absolute atomic E-state index is 0.0157. The first-order valence-corrected chi connectivity index (χ1v) is 8.13. The van der Waals surface area contributed by atoms with Crippen molar-refractivity contribution >= 4 is 5.91 Å². The van der Waals surface area contributed by atoms with Crippen LogP contribution in [0.5, 0.6) is 0 Å². The van der Waals surface area contributed by atoms with Crippen molar-refractivity contribution in [1.82, 2.24) is 20.0 Å². The lowest BCUT2D eigenvalue weighted by molar-refractivity contribution is -0.129. The highest BCUT2D eigenvalue weighted by atomic mass is 16.2. The first kappa shape index (κ1) is 16.2. The number of piperazine rings is 1. The third-order valence-corrected chi connectivity index (χ3v) is 4.44. The van der Waals surface area contributed by atoms with Gasteiger partial charge in [0.1, 0.15) is 6.04 Å². The van der Waals surface area contributed by atoms with E-state index in [0.717, 1.165) is 29.2 Å². The van der Waals surface area contributed by atoms with Crippen molar-refractivity contribution in [3.63, 3.8) is 0 Å². The Balaban J connectivity index is 2.02. The summed E-state index contributed by atoms with van der Waals surface area (Å²) in [5, 5.41) is 16.5. The number of amides is 1. The van der Waals surface area contributed by atoms with Gasteiger partial charge in [0.2, 0.25) is 5.91 Å². The van der Waals surface area contributed by atoms with E-state index in [-0.39, 0.29) is 11.9 Å². The minimum Gasteiger partial charge on any atom is -0.353 e. The first-order valence-electron chi connectivity index (χ1n) is 8.13. The number of aromatic nitrogens is 2. The maximum Gasteiger partial charge on any atom is 0.242 e. The fourth-order valence-electron chi connectivity index (χ4n) is 3.33. The molecule has 1 aromatic carbocycles. The lowest BCUT2D eigenvalue weighted by Crippen LogP contribution is -2.50. The van der Waals surface area contributed by atoms with E-state index in [9.17, 15) is 4.79 Å². The van der Waals surface area contributed by atoms with Crippen LogP contribution in [0.4, 0.5) is 0 Å². The molecule has 1 aromatic heterocycles. The smallest absolute Gasteiger partial charge is 0.242 e. The number of nitrogens with zero attached hydrogens (tertiary/aromatic N) is 4. The highest BCUT2D eigenvalue weighted by Crippen LogP contribution is 2.30. The quantitative estimate of drug-likeness (QED) is 0.932. The summed E-state index contributed by atoms with van der Waals surface area (Å²) in [5.41, 5.74) is 3.72. The van der Waals surface area contributed by atoms with E-state index in [1.807, 2.05) is 48.9 Å². The van der Waals surface area contributed by atoms with E-state index < -0.39 is 0 Å². The summed E-state index contributed by atoms with van der Waals surface area (Å²) in [6.45, 7) is 5.88. The summed E-state index contributed by atoms with van der Waals surface area (Å²) in [5.74, 6) is -0.0157. The van der Waals surface area contributed by atoms with Crippen LogP contribution in [-0.2, 0) is 4.79 Å². The van der Waals surface area contributed by atoms with E-state index in [0.29, 0.717) is 19.5 Å². The number of nitrogens with one attached hydrogen (secondary N) is 1. The molecule has 1 aliphatic rings. The van der Waals surface area contributed by atoms with Gasteiger partial charge in [-0.2, -0.15) is 10.4 Å². The van der Waals surface area contributed by atoms with Crippen LogP contribution in [0.15, 0.2) is 30.3 Å². The number of aryl methyl sites for hydroxylation is 1. The maximum absolute atomic E-state index is 12.5. The van der Waals surface area contributed by atoms with Crippen molar-refractivity contribution in [2.75, 3.05) is 19.6 Å². The molecule has 1 aliphatic heterocycles. The SMILES string of the molecule is Cc1nn(-c2ccccc2)c(C)c1[C@H]1C(=O)NCCN1CCC#N. The summed E-state index contributed by atoms with van der Waals surface area (Å²) in [7, 11) is 0. The molecule has 124 valence electrons. The maximum atomic E-state index is 12.5. The van der Waals surface area contributed by atoms with Crippen molar-refractivity contribution in [3.05, 3.63) is 47.3 Å². The molecule has 2 aromatic rings. The second kappa shape index (κ2) is 6.85. The molecule has 0 radical (unpaired) electrons. The van der Waals surface area contributed by atoms with Crippen molar-refractivity contribution in [2.24, 2.45) is 0 Å². The zero-order valence-electron chi connectivity index (χ0n) is 14.0. The molecule has 3 rings (SSSR count). The van der Waals surface area contributed by atoms with Gasteiger partial charge < -0.3 is 5.32 Å². The van der Waals surface area contributed by atoms with Gasteiger partial charge in [-0.15, -0.1) is 0 Å². The lowest BCUT2D eigenvalue weighted by Gasteiger charge is -2.34. The van der Waals surface area contributed by atoms with Crippen LogP contribution in [0.3, 0.4) is 0 Å². The number of rotatable bonds is 4. The van der Waals surface area contributed by atoms with Gasteiger partial charge in [-0.1, -0.05) is 18.2 Å². The van der Waals surface area contributed by atoms with Crippen LogP contribution < -0.4 is 5.32 Å². The summed E-state index contributed by atoms with van der Waals surface area (Å²) in [6, 6.07) is 11.7. The number of hydrogen-bond acceptors (Lipinski definition) is 4. The summed E-state index contributed by atoms with van der Waals surface area (Å²) in [6.07, 6.45) is 0.411. The number of nitriles is 1. The molecule has 1 N–H and O–H groups in total. The highest BCUT2D eigenvalue weighted by Gasteiger charge is 2.35. The molecule has 2 heterocycles. The number of hydrogen-bond donors (Lipinski definition) is 1. The zero-order chi connectivity index (χ0) is 17.1. The molecule has 6 heteroatoms. The number of carbonyl (C=O) groups is 1. The Labute approximate surface area is 141 Å². The molecule has 1 saturated heterocycles. The molecule has 0 unspecified atom stereocenters. The fraction of sp³-hybridized carbons (Fsp3) is 0.389. The van der Waals surface area contributed by atoms with Crippen LogP contribution in [0.1, 0.15) is 29.4 Å². The molecular weight excluding hydrogens is 302 g/mol. The molecule has 0 bridgehead atoms. The van der Waals surface area contributed by atoms with Gasteiger partial charge in [0.05, 0.1) is 17.5 Å². The van der Waals surface area contributed by atoms with Crippen LogP contribution in [-0.4, -0.2) is 40.2 Å². The molecular formula is C18H21N5O. The Hall–Kier alpha value is -2.65. The zero-order valence-corrected chi connectivity index (χ0v) is 14.0. The lowest BCUT2D eigenvalue weighted by atomic mass is 10.00. The second-order valence-electron chi connectivity index (χ2n) is 5.97.